The van der Waals surface area contributed by atoms with Gasteiger partial charge < -0.3 is 0 Å². The van der Waals surface area contributed by atoms with E-state index in [4.69, 9.17) is 0 Å². The molecule has 1 heterocycles. The van der Waals surface area contributed by atoms with Gasteiger partial charge in [-0.25, -0.2) is 4.98 Å². The van der Waals surface area contributed by atoms with Gasteiger partial charge in [0.05, 0.1) is 15.7 Å². The Morgan fingerprint density at radius 2 is 2.27 bits per heavy atom. The minimum absolute atomic E-state index is 1.08. The molecule has 2 rings (SSSR count). The molecule has 1 aromatic carbocycles. The van der Waals surface area contributed by atoms with Gasteiger partial charge in [-0.1, -0.05) is 15.9 Å². The summed E-state index contributed by atoms with van der Waals surface area (Å²) >= 11 is 5.14. The van der Waals surface area contributed by atoms with Gasteiger partial charge in [-0.2, -0.15) is 0 Å². The van der Waals surface area contributed by atoms with Crippen LogP contribution in [0.5, 0.6) is 0 Å². The van der Waals surface area contributed by atoms with Crippen LogP contribution in [-0.2, 0) is 0 Å². The molecule has 0 saturated heterocycles. The normalized spacial score (nSPS) is 10.7. The van der Waals surface area contributed by atoms with Crippen LogP contribution < -0.4 is 0 Å². The summed E-state index contributed by atoms with van der Waals surface area (Å²) in [5.41, 5.74) is 4.21. The number of benzene rings is 1. The molecule has 0 radical (unpaired) electrons. The van der Waals surface area contributed by atoms with Crippen molar-refractivity contribution in [1.29, 1.82) is 0 Å². The molecule has 11 heavy (non-hydrogen) atoms. The van der Waals surface area contributed by atoms with Crippen molar-refractivity contribution in [2.75, 3.05) is 0 Å². The zero-order chi connectivity index (χ0) is 7.84. The maximum Gasteiger partial charge on any atom is 0.0823 e. The average Bonchev–Trinajstić information content (AvgIpc) is 2.36. The highest BCUT2D eigenvalue weighted by Crippen LogP contribution is 2.25. The largest absolute Gasteiger partial charge is 0.245 e. The van der Waals surface area contributed by atoms with Crippen molar-refractivity contribution in [1.82, 2.24) is 4.98 Å². The van der Waals surface area contributed by atoms with Gasteiger partial charge in [0.25, 0.3) is 0 Å². The van der Waals surface area contributed by atoms with Crippen molar-refractivity contribution in [2.45, 2.75) is 6.92 Å². The summed E-state index contributed by atoms with van der Waals surface area (Å²) in [7, 11) is 0. The molecule has 0 aliphatic heterocycles. The second kappa shape index (κ2) is 2.57. The van der Waals surface area contributed by atoms with E-state index in [9.17, 15) is 0 Å². The third-order valence-corrected chi connectivity index (χ3v) is 3.26. The number of rotatable bonds is 0. The number of hydrogen-bond donors (Lipinski definition) is 0. The van der Waals surface area contributed by atoms with Crippen LogP contribution in [0.3, 0.4) is 0 Å². The smallest absolute Gasteiger partial charge is 0.0823 e. The maximum absolute atomic E-state index is 4.21. The molecule has 2 aromatic rings. The molecule has 56 valence electrons. The fraction of sp³-hybridized carbons (Fsp3) is 0.125. The number of hydrogen-bond acceptors (Lipinski definition) is 2. The first kappa shape index (κ1) is 7.25. The predicted octanol–water partition coefficient (Wildman–Crippen LogP) is 3.37. The highest BCUT2D eigenvalue weighted by molar-refractivity contribution is 9.10. The lowest BCUT2D eigenvalue weighted by Gasteiger charge is -1.95. The first-order valence-electron chi connectivity index (χ1n) is 3.27. The molecule has 0 unspecified atom stereocenters. The summed E-state index contributed by atoms with van der Waals surface area (Å²) in [4.78, 5) is 4.21. The molecular formula is C8H6BrNS. The van der Waals surface area contributed by atoms with Gasteiger partial charge in [-0.15, -0.1) is 11.3 Å². The van der Waals surface area contributed by atoms with Crippen molar-refractivity contribution in [3.05, 3.63) is 27.7 Å². The van der Waals surface area contributed by atoms with E-state index in [2.05, 4.69) is 40.0 Å². The second-order valence-corrected chi connectivity index (χ2v) is 4.16. The number of aryl methyl sites for hydroxylation is 1. The van der Waals surface area contributed by atoms with E-state index in [-0.39, 0.29) is 0 Å². The van der Waals surface area contributed by atoms with Gasteiger partial charge in [0.15, 0.2) is 0 Å². The molecule has 3 heteroatoms. The van der Waals surface area contributed by atoms with Crippen LogP contribution in [0.15, 0.2) is 22.1 Å². The third-order valence-electron chi connectivity index (χ3n) is 1.61. The Balaban J connectivity index is 2.86. The summed E-state index contributed by atoms with van der Waals surface area (Å²) in [5.74, 6) is 0. The molecule has 0 spiro atoms. The molecule has 0 aliphatic carbocycles. The fourth-order valence-electron chi connectivity index (χ4n) is 0.980. The number of nitrogens with zero attached hydrogens (tertiary/aromatic N) is 1. The maximum atomic E-state index is 4.21. The Kier molecular flexibility index (Phi) is 1.69. The Morgan fingerprint density at radius 3 is 3.09 bits per heavy atom. The molecule has 0 atom stereocenters. The van der Waals surface area contributed by atoms with Crippen LogP contribution in [0.1, 0.15) is 5.56 Å². The van der Waals surface area contributed by atoms with E-state index in [1.54, 1.807) is 11.3 Å². The fourth-order valence-corrected chi connectivity index (χ4v) is 2.07. The van der Waals surface area contributed by atoms with Gasteiger partial charge in [-0.05, 0) is 24.6 Å². The number of halogens is 1. The molecule has 0 N–H and O–H groups in total. The van der Waals surface area contributed by atoms with Gasteiger partial charge in [0.1, 0.15) is 0 Å². The van der Waals surface area contributed by atoms with Crippen molar-refractivity contribution in [2.24, 2.45) is 0 Å². The zero-order valence-corrected chi connectivity index (χ0v) is 8.37. The average molecular weight is 228 g/mol. The Labute approximate surface area is 77.2 Å². The van der Waals surface area contributed by atoms with Crippen molar-refractivity contribution >= 4 is 37.5 Å². The van der Waals surface area contributed by atoms with E-state index >= 15 is 0 Å². The van der Waals surface area contributed by atoms with Crippen molar-refractivity contribution in [3.63, 3.8) is 0 Å². The Bertz CT molecular complexity index is 358. The highest BCUT2D eigenvalue weighted by atomic mass is 79.9. The SMILES string of the molecule is Cc1cc2scnc2cc1Br. The van der Waals surface area contributed by atoms with Crippen LogP contribution in [0.2, 0.25) is 0 Å². The van der Waals surface area contributed by atoms with E-state index < -0.39 is 0 Å². The summed E-state index contributed by atoms with van der Waals surface area (Å²) < 4.78 is 2.39. The van der Waals surface area contributed by atoms with E-state index in [1.165, 1.54) is 10.3 Å². The summed E-state index contributed by atoms with van der Waals surface area (Å²) in [5, 5.41) is 0. The van der Waals surface area contributed by atoms with Crippen LogP contribution in [0.25, 0.3) is 10.2 Å². The summed E-state index contributed by atoms with van der Waals surface area (Å²) in [6, 6.07) is 4.21. The number of fused-ring (bicyclic) bond motifs is 1. The Hall–Kier alpha value is -0.410. The molecular weight excluding hydrogens is 222 g/mol. The first-order chi connectivity index (χ1) is 5.27. The topological polar surface area (TPSA) is 12.9 Å². The lowest BCUT2D eigenvalue weighted by atomic mass is 10.2. The quantitative estimate of drug-likeness (QED) is 0.673. The van der Waals surface area contributed by atoms with Crippen LogP contribution >= 0.6 is 27.3 Å². The third kappa shape index (κ3) is 1.19. The van der Waals surface area contributed by atoms with Crippen LogP contribution in [0, 0.1) is 6.92 Å². The van der Waals surface area contributed by atoms with E-state index in [0.29, 0.717) is 0 Å². The van der Waals surface area contributed by atoms with Gasteiger partial charge in [0.2, 0.25) is 0 Å². The minimum Gasteiger partial charge on any atom is -0.245 e. The van der Waals surface area contributed by atoms with E-state index in [0.717, 1.165) is 9.99 Å². The minimum atomic E-state index is 1.08. The van der Waals surface area contributed by atoms with Gasteiger partial charge >= 0.3 is 0 Å². The lowest BCUT2D eigenvalue weighted by Crippen LogP contribution is -1.74. The lowest BCUT2D eigenvalue weighted by molar-refractivity contribution is 1.43. The first-order valence-corrected chi connectivity index (χ1v) is 4.94. The van der Waals surface area contributed by atoms with E-state index in [1.807, 2.05) is 5.51 Å². The molecule has 1 nitrogen and oxygen atoms in total. The van der Waals surface area contributed by atoms with Gasteiger partial charge in [-0.3, -0.25) is 0 Å². The van der Waals surface area contributed by atoms with Crippen molar-refractivity contribution in [3.8, 4) is 0 Å². The van der Waals surface area contributed by atoms with Crippen LogP contribution in [-0.4, -0.2) is 4.98 Å². The molecule has 0 fully saturated rings. The monoisotopic (exact) mass is 227 g/mol. The molecule has 0 saturated carbocycles. The summed E-state index contributed by atoms with van der Waals surface area (Å²) in [6.45, 7) is 2.09. The molecule has 0 amide bonds. The molecule has 0 bridgehead atoms. The number of aromatic nitrogens is 1. The Morgan fingerprint density at radius 1 is 1.45 bits per heavy atom. The summed E-state index contributed by atoms with van der Waals surface area (Å²) in [6.07, 6.45) is 0. The molecule has 0 aliphatic rings. The van der Waals surface area contributed by atoms with Crippen molar-refractivity contribution < 1.29 is 0 Å². The zero-order valence-electron chi connectivity index (χ0n) is 5.97. The van der Waals surface area contributed by atoms with Gasteiger partial charge in [0, 0.05) is 4.47 Å². The standard InChI is InChI=1S/C8H6BrNS/c1-5-2-8-7(3-6(5)9)10-4-11-8/h2-4H,1H3. The van der Waals surface area contributed by atoms with Crippen LogP contribution in [0.4, 0.5) is 0 Å². The highest BCUT2D eigenvalue weighted by Gasteiger charge is 1.99. The second-order valence-electron chi connectivity index (χ2n) is 2.42. The molecule has 1 aromatic heterocycles. The predicted molar refractivity (Wildman–Crippen MR) is 52.1 cm³/mol. The number of thiazole rings is 1.